The maximum absolute atomic E-state index is 11.2. The van der Waals surface area contributed by atoms with Crippen LogP contribution < -0.4 is 10.6 Å². The van der Waals surface area contributed by atoms with Crippen LogP contribution in [0.15, 0.2) is 121 Å². The number of benzene rings is 4. The van der Waals surface area contributed by atoms with Crippen molar-refractivity contribution in [1.29, 1.82) is 0 Å². The van der Waals surface area contributed by atoms with Crippen LogP contribution in [-0.2, 0) is 50.1 Å². The van der Waals surface area contributed by atoms with Gasteiger partial charge in [0.05, 0.1) is 56.6 Å². The monoisotopic (exact) mass is 822 g/mol. The Labute approximate surface area is 329 Å². The lowest BCUT2D eigenvalue weighted by Gasteiger charge is -2.46. The van der Waals surface area contributed by atoms with Gasteiger partial charge in [-0.3, -0.25) is 0 Å². The third kappa shape index (κ3) is 10.1. The lowest BCUT2D eigenvalue weighted by Crippen LogP contribution is -2.67. The van der Waals surface area contributed by atoms with Gasteiger partial charge < -0.3 is 54.7 Å². The molecule has 0 aromatic heterocycles. The van der Waals surface area contributed by atoms with E-state index >= 15 is 0 Å². The Hall–Kier alpha value is -3.31. The highest BCUT2D eigenvalue weighted by molar-refractivity contribution is 9.09. The predicted octanol–water partition coefficient (Wildman–Crippen LogP) is 3.74. The molecule has 0 radical (unpaired) electrons. The molecule has 1 saturated heterocycles. The number of rotatable bonds is 16. The standard InChI is InChI=1S/C41H47BrN2O9S/c42-32-33(46)37(41(48,26-45)38(32)47)43-40(54)44-39-36(52-24-30-19-11-4-12-20-30)35(51-23-29-17-9-3-10-18-29)34(50-22-28-15-7-2-8-16-28)31(53-39)25-49-21-27-13-5-1-6-14-27/h1-20,31-39,45-48H,21-26H2,(H2,43,44,54)/t31-,32-,33-,34-,35+,36-,37-,38+,39+,41+/m1/s1. The van der Waals surface area contributed by atoms with Gasteiger partial charge in [-0.05, 0) is 34.5 Å². The van der Waals surface area contributed by atoms with Crippen molar-refractivity contribution in [2.75, 3.05) is 13.2 Å². The van der Waals surface area contributed by atoms with Gasteiger partial charge >= 0.3 is 0 Å². The summed E-state index contributed by atoms with van der Waals surface area (Å²) < 4.78 is 33.1. The molecule has 13 heteroatoms. The Kier molecular flexibility index (Phi) is 14.6. The van der Waals surface area contributed by atoms with Crippen LogP contribution in [0.25, 0.3) is 0 Å². The number of aliphatic hydroxyl groups is 4. The van der Waals surface area contributed by atoms with Gasteiger partial charge in [-0.25, -0.2) is 0 Å². The van der Waals surface area contributed by atoms with E-state index in [1.807, 2.05) is 121 Å². The van der Waals surface area contributed by atoms with E-state index in [-0.39, 0.29) is 31.5 Å². The average Bonchev–Trinajstić information content (AvgIpc) is 3.36. The number of alkyl halides is 1. The summed E-state index contributed by atoms with van der Waals surface area (Å²) >= 11 is 8.97. The Balaban J connectivity index is 1.31. The minimum absolute atomic E-state index is 0.0209. The van der Waals surface area contributed by atoms with Crippen LogP contribution in [-0.4, -0.2) is 98.1 Å². The van der Waals surface area contributed by atoms with Gasteiger partial charge in [-0.15, -0.1) is 0 Å². The summed E-state index contributed by atoms with van der Waals surface area (Å²) in [5.41, 5.74) is 1.74. The van der Waals surface area contributed by atoms with Gasteiger partial charge in [0.1, 0.15) is 36.1 Å². The minimum atomic E-state index is -2.10. The molecule has 1 aliphatic carbocycles. The second-order valence-electron chi connectivity index (χ2n) is 13.5. The number of hydrogen-bond donors (Lipinski definition) is 6. The van der Waals surface area contributed by atoms with Crippen molar-refractivity contribution in [3.63, 3.8) is 0 Å². The summed E-state index contributed by atoms with van der Waals surface area (Å²) in [5, 5.41) is 48.9. The number of thiocarbonyl (C=S) groups is 1. The molecule has 0 unspecified atom stereocenters. The molecule has 2 fully saturated rings. The summed E-state index contributed by atoms with van der Waals surface area (Å²) in [6.07, 6.45) is -6.64. The van der Waals surface area contributed by atoms with E-state index < -0.39 is 65.9 Å². The fourth-order valence-corrected chi connectivity index (χ4v) is 7.75. The smallest absolute Gasteiger partial charge is 0.168 e. The Morgan fingerprint density at radius 1 is 0.667 bits per heavy atom. The number of hydrogen-bond acceptors (Lipinski definition) is 10. The normalized spacial score (nSPS) is 29.5. The molecule has 4 aromatic carbocycles. The lowest BCUT2D eigenvalue weighted by atomic mass is 9.96. The minimum Gasteiger partial charge on any atom is -0.393 e. The van der Waals surface area contributed by atoms with E-state index in [0.29, 0.717) is 6.61 Å². The number of aliphatic hydroxyl groups excluding tert-OH is 3. The summed E-state index contributed by atoms with van der Waals surface area (Å²) in [6, 6.07) is 37.9. The number of ether oxygens (including phenoxy) is 5. The third-order valence-corrected chi connectivity index (χ3v) is 11.0. The maximum Gasteiger partial charge on any atom is 0.168 e. The highest BCUT2D eigenvalue weighted by atomic mass is 79.9. The molecule has 6 N–H and O–H groups in total. The number of halogens is 1. The average molecular weight is 824 g/mol. The van der Waals surface area contributed by atoms with Gasteiger partial charge in [-0.2, -0.15) is 0 Å². The maximum atomic E-state index is 11.2. The van der Waals surface area contributed by atoms with Crippen molar-refractivity contribution in [1.82, 2.24) is 10.6 Å². The molecule has 288 valence electrons. The molecule has 0 bridgehead atoms. The summed E-state index contributed by atoms with van der Waals surface area (Å²) in [5.74, 6) is 0. The highest BCUT2D eigenvalue weighted by Crippen LogP contribution is 2.36. The first-order valence-electron chi connectivity index (χ1n) is 17.9. The van der Waals surface area contributed by atoms with Crippen LogP contribution >= 0.6 is 28.1 Å². The predicted molar refractivity (Wildman–Crippen MR) is 209 cm³/mol. The lowest BCUT2D eigenvalue weighted by molar-refractivity contribution is -0.275. The van der Waals surface area contributed by atoms with Gasteiger partial charge in [0, 0.05) is 0 Å². The quantitative estimate of drug-likeness (QED) is 0.0723. The fourth-order valence-electron chi connectivity index (χ4n) is 6.75. The molecule has 2 aliphatic rings. The van der Waals surface area contributed by atoms with Gasteiger partial charge in [-0.1, -0.05) is 137 Å². The molecule has 1 saturated carbocycles. The van der Waals surface area contributed by atoms with E-state index in [0.717, 1.165) is 22.3 Å². The Morgan fingerprint density at radius 2 is 1.11 bits per heavy atom. The van der Waals surface area contributed by atoms with E-state index in [2.05, 4.69) is 26.6 Å². The zero-order valence-corrected chi connectivity index (χ0v) is 32.0. The number of nitrogens with one attached hydrogen (secondary N) is 2. The molecule has 0 amide bonds. The van der Waals surface area contributed by atoms with Crippen LogP contribution in [0.4, 0.5) is 0 Å². The van der Waals surface area contributed by atoms with Crippen LogP contribution in [0.3, 0.4) is 0 Å². The molecular formula is C41H47BrN2O9S. The summed E-state index contributed by atoms with van der Waals surface area (Å²) in [7, 11) is 0. The molecule has 11 nitrogen and oxygen atoms in total. The van der Waals surface area contributed by atoms with Crippen molar-refractivity contribution < 1.29 is 44.1 Å². The molecule has 0 spiro atoms. The van der Waals surface area contributed by atoms with Gasteiger partial charge in [0.2, 0.25) is 0 Å². The zero-order chi connectivity index (χ0) is 37.9. The summed E-state index contributed by atoms with van der Waals surface area (Å²) in [4.78, 5) is -0.924. The second-order valence-corrected chi connectivity index (χ2v) is 15.0. The first kappa shape index (κ1) is 40.4. The molecular weight excluding hydrogens is 776 g/mol. The third-order valence-electron chi connectivity index (χ3n) is 9.72. The first-order chi connectivity index (χ1) is 26.3. The van der Waals surface area contributed by atoms with Crippen LogP contribution in [0.1, 0.15) is 22.3 Å². The fraction of sp³-hybridized carbons (Fsp3) is 0.390. The SMILES string of the molecule is OC[C@]1(O)[C@H](NC(=S)N[C@H]2O[C@H](COCc3ccccc3)[C@@H](OCc3ccccc3)[C@H](OCc3ccccc3)[C@H]2OCc2ccccc2)[C@H](O)[C@@H](Br)[C@@H]1O. The van der Waals surface area contributed by atoms with E-state index in [4.69, 9.17) is 35.9 Å². The van der Waals surface area contributed by atoms with Crippen molar-refractivity contribution in [3.8, 4) is 0 Å². The molecule has 1 aliphatic heterocycles. The molecule has 54 heavy (non-hydrogen) atoms. The molecule has 6 rings (SSSR count). The van der Waals surface area contributed by atoms with E-state index in [1.165, 1.54) is 0 Å². The van der Waals surface area contributed by atoms with Gasteiger partial charge in [0.15, 0.2) is 11.3 Å². The van der Waals surface area contributed by atoms with Crippen LogP contribution in [0.2, 0.25) is 0 Å². The van der Waals surface area contributed by atoms with E-state index in [1.54, 1.807) is 0 Å². The van der Waals surface area contributed by atoms with Crippen molar-refractivity contribution in [2.24, 2.45) is 0 Å². The van der Waals surface area contributed by atoms with Crippen LogP contribution in [0, 0.1) is 0 Å². The largest absolute Gasteiger partial charge is 0.393 e. The topological polar surface area (TPSA) is 151 Å². The molecule has 4 aromatic rings. The van der Waals surface area contributed by atoms with Crippen molar-refractivity contribution in [3.05, 3.63) is 144 Å². The molecule has 1 heterocycles. The first-order valence-corrected chi connectivity index (χ1v) is 19.2. The van der Waals surface area contributed by atoms with Gasteiger partial charge in [0.25, 0.3) is 0 Å². The Morgan fingerprint density at radius 3 is 1.59 bits per heavy atom. The second kappa shape index (κ2) is 19.5. The van der Waals surface area contributed by atoms with Crippen LogP contribution in [0.5, 0.6) is 0 Å². The van der Waals surface area contributed by atoms with Crippen molar-refractivity contribution >= 4 is 33.3 Å². The highest BCUT2D eigenvalue weighted by Gasteiger charge is 2.59. The molecule has 10 atom stereocenters. The van der Waals surface area contributed by atoms with E-state index in [9.17, 15) is 20.4 Å². The van der Waals surface area contributed by atoms with Crippen molar-refractivity contribution in [2.45, 2.75) is 85.7 Å². The summed E-state index contributed by atoms with van der Waals surface area (Å²) in [6.45, 7) is 0.371. The Bertz CT molecular complexity index is 1720. The zero-order valence-electron chi connectivity index (χ0n) is 29.6.